The summed E-state index contributed by atoms with van der Waals surface area (Å²) in [6.07, 6.45) is 8.71. The Bertz CT molecular complexity index is 1620. The molecule has 2 N–H and O–H groups in total. The Balaban J connectivity index is 1.35. The highest BCUT2D eigenvalue weighted by Gasteiger charge is 2.42. The van der Waals surface area contributed by atoms with Gasteiger partial charge in [-0.15, -0.1) is 0 Å². The predicted octanol–water partition coefficient (Wildman–Crippen LogP) is 5.91. The second-order valence-corrected chi connectivity index (χ2v) is 10.5. The topological polar surface area (TPSA) is 82.1 Å². The van der Waals surface area contributed by atoms with Gasteiger partial charge in [-0.2, -0.15) is 0 Å². The third kappa shape index (κ3) is 3.73. The lowest BCUT2D eigenvalue weighted by atomic mass is 9.75. The predicted molar refractivity (Wildman–Crippen MR) is 147 cm³/mol. The number of pyridine rings is 1. The Hall–Kier alpha value is -3.97. The van der Waals surface area contributed by atoms with Crippen LogP contribution in [0.4, 0.5) is 5.82 Å². The van der Waals surface area contributed by atoms with E-state index in [9.17, 15) is 0 Å². The van der Waals surface area contributed by atoms with Crippen molar-refractivity contribution >= 4 is 27.8 Å². The van der Waals surface area contributed by atoms with Crippen LogP contribution in [0.3, 0.4) is 0 Å². The number of hydrogen-bond acceptors (Lipinski definition) is 6. The number of rotatable bonds is 6. The van der Waals surface area contributed by atoms with E-state index < -0.39 is 0 Å². The normalized spacial score (nSPS) is 17.0. The van der Waals surface area contributed by atoms with Crippen molar-refractivity contribution in [3.05, 3.63) is 72.7 Å². The first-order valence-corrected chi connectivity index (χ1v) is 13.1. The second kappa shape index (κ2) is 8.56. The lowest BCUT2D eigenvalue weighted by Crippen LogP contribution is -2.53. The number of anilines is 1. The molecule has 1 saturated carbocycles. The quantitative estimate of drug-likeness (QED) is 0.318. The van der Waals surface area contributed by atoms with Crippen LogP contribution >= 0.6 is 0 Å². The Morgan fingerprint density at radius 3 is 2.57 bits per heavy atom. The molecule has 186 valence electrons. The standard InChI is InChI=1S/C30H30N6O/c1-20-15-26(37-22-7-3-2-4-8-22)34-25-16-21(9-10-23(20)25)24-17-36(29-27(24)28(31)32-19-33-29)30(11-5-12-30)18-35-13-6-14-35/h2-4,7-10,15-17,19H,5-6,11-14,18H2,1H3,(H2,31,32,33). The van der Waals surface area contributed by atoms with Crippen LogP contribution in [0.15, 0.2) is 67.1 Å². The first-order valence-electron chi connectivity index (χ1n) is 13.1. The summed E-state index contributed by atoms with van der Waals surface area (Å²) in [5.41, 5.74) is 11.6. The summed E-state index contributed by atoms with van der Waals surface area (Å²) in [7, 11) is 0. The average Bonchev–Trinajstić information content (AvgIpc) is 3.24. The van der Waals surface area contributed by atoms with Gasteiger partial charge in [0.25, 0.3) is 0 Å². The Kier molecular flexibility index (Phi) is 5.15. The van der Waals surface area contributed by atoms with Gasteiger partial charge in [0.2, 0.25) is 5.88 Å². The number of nitrogens with zero attached hydrogens (tertiary/aromatic N) is 5. The van der Waals surface area contributed by atoms with Crippen molar-refractivity contribution in [2.24, 2.45) is 0 Å². The smallest absolute Gasteiger partial charge is 0.220 e. The first kappa shape index (κ1) is 22.2. The molecule has 5 aromatic rings. The summed E-state index contributed by atoms with van der Waals surface area (Å²) < 4.78 is 8.46. The summed E-state index contributed by atoms with van der Waals surface area (Å²) in [6.45, 7) is 5.54. The van der Waals surface area contributed by atoms with E-state index >= 15 is 0 Å². The summed E-state index contributed by atoms with van der Waals surface area (Å²) in [5.74, 6) is 1.87. The van der Waals surface area contributed by atoms with Crippen molar-refractivity contribution in [2.45, 2.75) is 38.1 Å². The summed E-state index contributed by atoms with van der Waals surface area (Å²) >= 11 is 0. The molecule has 0 atom stereocenters. The number of para-hydroxylation sites is 1. The minimum Gasteiger partial charge on any atom is -0.439 e. The molecule has 0 radical (unpaired) electrons. The molecule has 7 nitrogen and oxygen atoms in total. The highest BCUT2D eigenvalue weighted by atomic mass is 16.5. The molecule has 1 saturated heterocycles. The highest BCUT2D eigenvalue weighted by Crippen LogP contribution is 2.45. The highest BCUT2D eigenvalue weighted by molar-refractivity contribution is 6.02. The number of aromatic nitrogens is 4. The van der Waals surface area contributed by atoms with E-state index in [2.05, 4.69) is 45.8 Å². The second-order valence-electron chi connectivity index (χ2n) is 10.5. The molecule has 1 aliphatic heterocycles. The van der Waals surface area contributed by atoms with Crippen LogP contribution in [-0.4, -0.2) is 44.1 Å². The van der Waals surface area contributed by atoms with Gasteiger partial charge in [0, 0.05) is 29.8 Å². The van der Waals surface area contributed by atoms with Crippen molar-refractivity contribution in [3.8, 4) is 22.8 Å². The van der Waals surface area contributed by atoms with Crippen molar-refractivity contribution < 1.29 is 4.74 Å². The maximum atomic E-state index is 6.49. The van der Waals surface area contributed by atoms with E-state index in [0.717, 1.165) is 63.8 Å². The number of likely N-dealkylation sites (tertiary alicyclic amines) is 1. The third-order valence-electron chi connectivity index (χ3n) is 8.14. The minimum atomic E-state index is 0.0695. The van der Waals surface area contributed by atoms with Crippen LogP contribution in [-0.2, 0) is 5.54 Å². The Morgan fingerprint density at radius 1 is 1.00 bits per heavy atom. The number of fused-ring (bicyclic) bond motifs is 2. The van der Waals surface area contributed by atoms with Gasteiger partial charge >= 0.3 is 0 Å². The van der Waals surface area contributed by atoms with E-state index in [1.807, 2.05) is 36.4 Å². The summed E-state index contributed by atoms with van der Waals surface area (Å²) in [6, 6.07) is 18.2. The van der Waals surface area contributed by atoms with Crippen molar-refractivity contribution in [1.82, 2.24) is 24.4 Å². The lowest BCUT2D eigenvalue weighted by molar-refractivity contribution is 0.0488. The largest absolute Gasteiger partial charge is 0.439 e. The summed E-state index contributed by atoms with van der Waals surface area (Å²) in [5, 5.41) is 2.02. The van der Waals surface area contributed by atoms with E-state index in [0.29, 0.717) is 11.7 Å². The zero-order chi connectivity index (χ0) is 25.0. The van der Waals surface area contributed by atoms with Crippen LogP contribution < -0.4 is 10.5 Å². The fourth-order valence-electron chi connectivity index (χ4n) is 5.88. The van der Waals surface area contributed by atoms with Gasteiger partial charge in [0.1, 0.15) is 23.5 Å². The van der Waals surface area contributed by atoms with Gasteiger partial charge in [0.05, 0.1) is 16.4 Å². The molecule has 37 heavy (non-hydrogen) atoms. The van der Waals surface area contributed by atoms with Crippen LogP contribution in [0.25, 0.3) is 33.1 Å². The number of ether oxygens (including phenoxy) is 1. The zero-order valence-electron chi connectivity index (χ0n) is 21.0. The molecule has 2 aliphatic rings. The van der Waals surface area contributed by atoms with Crippen LogP contribution in [0.2, 0.25) is 0 Å². The molecule has 2 fully saturated rings. The van der Waals surface area contributed by atoms with Gasteiger partial charge in [-0.25, -0.2) is 15.0 Å². The number of benzene rings is 2. The minimum absolute atomic E-state index is 0.0695. The molecule has 0 spiro atoms. The van der Waals surface area contributed by atoms with Gasteiger partial charge in [-0.1, -0.05) is 30.3 Å². The van der Waals surface area contributed by atoms with Crippen LogP contribution in [0.1, 0.15) is 31.2 Å². The van der Waals surface area contributed by atoms with Crippen molar-refractivity contribution in [3.63, 3.8) is 0 Å². The molecule has 1 aliphatic carbocycles. The molecule has 7 rings (SSSR count). The lowest BCUT2D eigenvalue weighted by Gasteiger charge is -2.48. The molecule has 0 amide bonds. The fourth-order valence-corrected chi connectivity index (χ4v) is 5.88. The van der Waals surface area contributed by atoms with Gasteiger partial charge in [-0.3, -0.25) is 0 Å². The molecular weight excluding hydrogens is 460 g/mol. The maximum absolute atomic E-state index is 6.49. The Labute approximate surface area is 215 Å². The van der Waals surface area contributed by atoms with E-state index in [1.54, 1.807) is 6.33 Å². The van der Waals surface area contributed by atoms with Crippen molar-refractivity contribution in [2.75, 3.05) is 25.4 Å². The molecular formula is C30H30N6O. The zero-order valence-corrected chi connectivity index (χ0v) is 21.0. The van der Waals surface area contributed by atoms with E-state index in [4.69, 9.17) is 20.4 Å². The fraction of sp³-hybridized carbons (Fsp3) is 0.300. The number of nitrogen functional groups attached to an aromatic ring is 1. The molecule has 7 heteroatoms. The van der Waals surface area contributed by atoms with Gasteiger partial charge in [0.15, 0.2) is 0 Å². The molecule has 0 unspecified atom stereocenters. The van der Waals surface area contributed by atoms with Crippen molar-refractivity contribution in [1.29, 1.82) is 0 Å². The maximum Gasteiger partial charge on any atom is 0.220 e. The van der Waals surface area contributed by atoms with Crippen LogP contribution in [0.5, 0.6) is 11.6 Å². The van der Waals surface area contributed by atoms with E-state index in [-0.39, 0.29) is 5.54 Å². The molecule has 2 aromatic carbocycles. The SMILES string of the molecule is Cc1cc(Oc2ccccc2)nc2cc(-c3cn(C4(CN5CCC5)CCC4)c4ncnc(N)c34)ccc12. The third-order valence-corrected chi connectivity index (χ3v) is 8.14. The van der Waals surface area contributed by atoms with Gasteiger partial charge in [-0.05, 0) is 75.0 Å². The van der Waals surface area contributed by atoms with E-state index in [1.165, 1.54) is 25.9 Å². The number of hydrogen-bond donors (Lipinski definition) is 1. The van der Waals surface area contributed by atoms with Crippen LogP contribution in [0, 0.1) is 6.92 Å². The molecule has 4 heterocycles. The van der Waals surface area contributed by atoms with Gasteiger partial charge < -0.3 is 19.9 Å². The first-order chi connectivity index (χ1) is 18.1. The number of nitrogens with two attached hydrogens (primary N) is 1. The monoisotopic (exact) mass is 490 g/mol. The molecule has 0 bridgehead atoms. The Morgan fingerprint density at radius 2 is 1.84 bits per heavy atom. The average molecular weight is 491 g/mol. The summed E-state index contributed by atoms with van der Waals surface area (Å²) in [4.78, 5) is 16.5. The number of aryl methyl sites for hydroxylation is 1. The molecule has 3 aromatic heterocycles.